The first kappa shape index (κ1) is 37.6. The number of nitrogens with zero attached hydrogens (tertiary/aromatic N) is 3. The smallest absolute Gasteiger partial charge is 0.319 e. The molecule has 0 spiro atoms. The van der Waals surface area contributed by atoms with Crippen molar-refractivity contribution in [3.63, 3.8) is 0 Å². The molecule has 1 atom stereocenters. The lowest BCUT2D eigenvalue weighted by atomic mass is 10.0. The molecule has 0 heterocycles. The van der Waals surface area contributed by atoms with E-state index in [1.165, 1.54) is 21.8 Å². The summed E-state index contributed by atoms with van der Waals surface area (Å²) in [6, 6.07) is 27.4. The summed E-state index contributed by atoms with van der Waals surface area (Å²) in [6.45, 7) is 4.55. The zero-order valence-electron chi connectivity index (χ0n) is 29.6. The van der Waals surface area contributed by atoms with Gasteiger partial charge in [-0.05, 0) is 86.0 Å². The van der Waals surface area contributed by atoms with Crippen LogP contribution in [0.4, 0.5) is 27.5 Å². The number of hydrogen-bond acceptors (Lipinski definition) is 7. The Morgan fingerprint density at radius 2 is 1.35 bits per heavy atom. The highest BCUT2D eigenvalue weighted by Crippen LogP contribution is 2.24. The van der Waals surface area contributed by atoms with Crippen molar-refractivity contribution in [2.45, 2.75) is 26.7 Å². The van der Waals surface area contributed by atoms with E-state index >= 15 is 0 Å². The molecule has 4 aromatic rings. The molecule has 0 aliphatic carbocycles. The zero-order valence-corrected chi connectivity index (χ0v) is 29.6. The first-order valence-electron chi connectivity index (χ1n) is 16.3. The van der Waals surface area contributed by atoms with Gasteiger partial charge in [0.05, 0.1) is 19.6 Å². The van der Waals surface area contributed by atoms with Crippen molar-refractivity contribution in [2.24, 2.45) is 0 Å². The van der Waals surface area contributed by atoms with Gasteiger partial charge in [-0.1, -0.05) is 42.5 Å². The van der Waals surface area contributed by atoms with Crippen molar-refractivity contribution in [3.8, 4) is 5.75 Å². The number of para-hydroxylation sites is 1. The molecule has 12 heteroatoms. The number of likely N-dealkylation sites (N-methyl/N-ethyl adjacent to an activating group) is 2. The average molecular weight is 694 g/mol. The van der Waals surface area contributed by atoms with Crippen molar-refractivity contribution < 1.29 is 33.4 Å². The minimum atomic E-state index is -0.664. The van der Waals surface area contributed by atoms with Crippen LogP contribution in [0.1, 0.15) is 29.5 Å². The third kappa shape index (κ3) is 10.4. The largest absolute Gasteiger partial charge is 0.484 e. The number of ether oxygens (including phenoxy) is 2. The lowest BCUT2D eigenvalue weighted by molar-refractivity contribution is -0.142. The Labute approximate surface area is 297 Å². The van der Waals surface area contributed by atoms with E-state index in [1.807, 2.05) is 38.1 Å². The summed E-state index contributed by atoms with van der Waals surface area (Å²) < 4.78 is 10.7. The summed E-state index contributed by atoms with van der Waals surface area (Å²) in [5.74, 6) is -1.89. The van der Waals surface area contributed by atoms with Gasteiger partial charge in [-0.3, -0.25) is 19.2 Å². The normalized spacial score (nSPS) is 11.1. The van der Waals surface area contributed by atoms with Crippen LogP contribution in [-0.2, 0) is 23.9 Å². The fraction of sp³-hybridized carbons (Fsp3) is 0.256. The quantitative estimate of drug-likeness (QED) is 0.178. The Bertz CT molecular complexity index is 1860. The first-order chi connectivity index (χ1) is 24.4. The second-order valence-electron chi connectivity index (χ2n) is 12.0. The van der Waals surface area contributed by atoms with Crippen LogP contribution in [0.5, 0.6) is 5.75 Å². The van der Waals surface area contributed by atoms with Crippen molar-refractivity contribution in [1.82, 2.24) is 5.32 Å². The van der Waals surface area contributed by atoms with Crippen LogP contribution in [0.15, 0.2) is 97.1 Å². The molecule has 0 saturated heterocycles. The SMILES string of the molecule is COC(=O)C(C)c1cccc(NC(=O)NCC(=O)N(CC(=O)N(C)c2ccccc2)c2cccc(OCC(=O)N(C)c3cc(C)cc(C)c3)c2)c1. The van der Waals surface area contributed by atoms with Crippen molar-refractivity contribution in [1.29, 1.82) is 0 Å². The molecular weight excluding hydrogens is 650 g/mol. The molecule has 0 radical (unpaired) electrons. The molecule has 0 aliphatic rings. The van der Waals surface area contributed by atoms with Crippen molar-refractivity contribution in [2.75, 3.05) is 60.9 Å². The molecule has 5 amide bonds. The topological polar surface area (TPSA) is 138 Å². The molecule has 0 aromatic heterocycles. The van der Waals surface area contributed by atoms with E-state index < -0.39 is 30.4 Å². The molecule has 0 saturated carbocycles. The van der Waals surface area contributed by atoms with E-state index in [0.717, 1.165) is 16.8 Å². The molecule has 0 bridgehead atoms. The monoisotopic (exact) mass is 693 g/mol. The predicted octanol–water partition coefficient (Wildman–Crippen LogP) is 5.44. The van der Waals surface area contributed by atoms with Crippen LogP contribution < -0.4 is 30.1 Å². The van der Waals surface area contributed by atoms with Gasteiger partial charge in [0.25, 0.3) is 5.91 Å². The highest BCUT2D eigenvalue weighted by molar-refractivity contribution is 6.05. The molecular formula is C39H43N5O7. The number of carbonyl (C=O) groups excluding carboxylic acids is 5. The van der Waals surface area contributed by atoms with Crippen molar-refractivity contribution in [3.05, 3.63) is 114 Å². The van der Waals surface area contributed by atoms with E-state index in [9.17, 15) is 24.0 Å². The minimum Gasteiger partial charge on any atom is -0.484 e. The number of anilines is 4. The van der Waals surface area contributed by atoms with E-state index in [4.69, 9.17) is 9.47 Å². The Morgan fingerprint density at radius 1 is 0.706 bits per heavy atom. The summed E-state index contributed by atoms with van der Waals surface area (Å²) >= 11 is 0. The Hall–Kier alpha value is -6.17. The molecule has 12 nitrogen and oxygen atoms in total. The summed E-state index contributed by atoms with van der Waals surface area (Å²) in [4.78, 5) is 69.2. The van der Waals surface area contributed by atoms with Crippen LogP contribution in [0, 0.1) is 13.8 Å². The van der Waals surface area contributed by atoms with Crippen molar-refractivity contribution >= 4 is 52.5 Å². The predicted molar refractivity (Wildman–Crippen MR) is 197 cm³/mol. The van der Waals surface area contributed by atoms with E-state index in [0.29, 0.717) is 28.4 Å². The van der Waals surface area contributed by atoms with Gasteiger partial charge >= 0.3 is 12.0 Å². The number of aryl methyl sites for hydroxylation is 2. The standard InChI is InChI=1S/C39H43N5O7/c1-26-18-27(2)20-33(19-26)43(5)37(47)25-51-34-17-11-16-32(22-34)44(24-36(46)42(4)31-14-8-7-9-15-31)35(45)23-40-39(49)41-30-13-10-12-29(21-30)28(3)38(48)50-6/h7-22,28H,23-25H2,1-6H3,(H2,40,41,49). The van der Waals surface area contributed by atoms with Gasteiger partial charge in [-0.2, -0.15) is 0 Å². The number of urea groups is 1. The maximum atomic E-state index is 13.7. The van der Waals surface area contributed by atoms with Crippen LogP contribution in [0.3, 0.4) is 0 Å². The molecule has 266 valence electrons. The van der Waals surface area contributed by atoms with Gasteiger partial charge in [-0.15, -0.1) is 0 Å². The van der Waals surface area contributed by atoms with Gasteiger partial charge in [-0.25, -0.2) is 4.79 Å². The third-order valence-electron chi connectivity index (χ3n) is 8.17. The number of hydrogen-bond donors (Lipinski definition) is 2. The maximum Gasteiger partial charge on any atom is 0.319 e. The van der Waals surface area contributed by atoms with Crippen LogP contribution in [-0.4, -0.2) is 70.6 Å². The highest BCUT2D eigenvalue weighted by Gasteiger charge is 2.24. The Morgan fingerprint density at radius 3 is 2.04 bits per heavy atom. The minimum absolute atomic E-state index is 0.266. The van der Waals surface area contributed by atoms with Gasteiger partial charge in [0.2, 0.25) is 11.8 Å². The van der Waals surface area contributed by atoms with Gasteiger partial charge in [0.15, 0.2) is 6.61 Å². The highest BCUT2D eigenvalue weighted by atomic mass is 16.5. The Kier molecular flexibility index (Phi) is 12.9. The summed E-state index contributed by atoms with van der Waals surface area (Å²) in [5.41, 5.74) is 4.82. The lowest BCUT2D eigenvalue weighted by Crippen LogP contribution is -2.46. The van der Waals surface area contributed by atoms with Crippen LogP contribution in [0.2, 0.25) is 0 Å². The molecule has 4 rings (SSSR count). The van der Waals surface area contributed by atoms with Gasteiger partial charge in [0.1, 0.15) is 12.3 Å². The maximum absolute atomic E-state index is 13.7. The Balaban J connectivity index is 1.48. The second kappa shape index (κ2) is 17.5. The van der Waals surface area contributed by atoms with Gasteiger partial charge < -0.3 is 34.8 Å². The molecule has 0 fully saturated rings. The zero-order chi connectivity index (χ0) is 37.1. The summed E-state index contributed by atoms with van der Waals surface area (Å²) in [7, 11) is 4.59. The lowest BCUT2D eigenvalue weighted by Gasteiger charge is -2.26. The number of methoxy groups -OCH3 is 1. The van der Waals surface area contributed by atoms with E-state index in [1.54, 1.807) is 93.8 Å². The number of nitrogens with one attached hydrogen (secondary N) is 2. The summed E-state index contributed by atoms with van der Waals surface area (Å²) in [6.07, 6.45) is 0. The van der Waals surface area contributed by atoms with E-state index in [2.05, 4.69) is 10.6 Å². The summed E-state index contributed by atoms with van der Waals surface area (Å²) in [5, 5.41) is 5.22. The molecule has 51 heavy (non-hydrogen) atoms. The third-order valence-corrected chi connectivity index (χ3v) is 8.17. The molecule has 0 aliphatic heterocycles. The molecule has 2 N–H and O–H groups in total. The fourth-order valence-electron chi connectivity index (χ4n) is 5.26. The number of rotatable bonds is 13. The molecule has 4 aromatic carbocycles. The second-order valence-corrected chi connectivity index (χ2v) is 12.0. The van der Waals surface area contributed by atoms with Crippen LogP contribution in [0.25, 0.3) is 0 Å². The average Bonchev–Trinajstić information content (AvgIpc) is 3.13. The number of carbonyl (C=O) groups is 5. The fourth-order valence-corrected chi connectivity index (χ4v) is 5.26. The van der Waals surface area contributed by atoms with E-state index in [-0.39, 0.29) is 25.0 Å². The number of amides is 5. The van der Waals surface area contributed by atoms with Crippen LogP contribution >= 0.6 is 0 Å². The van der Waals surface area contributed by atoms with Gasteiger partial charge in [0, 0.05) is 42.9 Å². The number of benzene rings is 4. The first-order valence-corrected chi connectivity index (χ1v) is 16.3. The number of esters is 1. The molecule has 1 unspecified atom stereocenters.